The summed E-state index contributed by atoms with van der Waals surface area (Å²) in [6.45, 7) is 1.94. The highest BCUT2D eigenvalue weighted by Crippen LogP contribution is 2.39. The van der Waals surface area contributed by atoms with Gasteiger partial charge in [0.2, 0.25) is 5.89 Å². The van der Waals surface area contributed by atoms with Crippen molar-refractivity contribution in [1.29, 1.82) is 0 Å². The van der Waals surface area contributed by atoms with Crippen LogP contribution in [-0.4, -0.2) is 10.1 Å². The fourth-order valence-electron chi connectivity index (χ4n) is 2.07. The molecule has 1 aliphatic rings. The highest BCUT2D eigenvalue weighted by molar-refractivity contribution is 9.10. The van der Waals surface area contributed by atoms with E-state index in [9.17, 15) is 0 Å². The van der Waals surface area contributed by atoms with Crippen molar-refractivity contribution >= 4 is 15.9 Å². The van der Waals surface area contributed by atoms with E-state index in [2.05, 4.69) is 38.2 Å². The summed E-state index contributed by atoms with van der Waals surface area (Å²) in [5, 5.41) is 4.04. The van der Waals surface area contributed by atoms with Gasteiger partial charge in [-0.25, -0.2) is 0 Å². The van der Waals surface area contributed by atoms with Crippen LogP contribution in [0.1, 0.15) is 43.0 Å². The summed E-state index contributed by atoms with van der Waals surface area (Å²) in [5.41, 5.74) is 6.90. The zero-order valence-electron chi connectivity index (χ0n) is 10.8. The molecule has 1 fully saturated rings. The monoisotopic (exact) mass is 321 g/mol. The summed E-state index contributed by atoms with van der Waals surface area (Å²) in [7, 11) is 0. The van der Waals surface area contributed by atoms with E-state index in [0.29, 0.717) is 18.2 Å². The Morgan fingerprint density at radius 2 is 2.05 bits per heavy atom. The van der Waals surface area contributed by atoms with Crippen LogP contribution in [0.2, 0.25) is 0 Å². The largest absolute Gasteiger partial charge is 0.339 e. The van der Waals surface area contributed by atoms with E-state index in [1.54, 1.807) is 0 Å². The van der Waals surface area contributed by atoms with Gasteiger partial charge in [-0.1, -0.05) is 33.2 Å². The van der Waals surface area contributed by atoms with Crippen LogP contribution < -0.4 is 5.73 Å². The summed E-state index contributed by atoms with van der Waals surface area (Å²) in [6, 6.07) is 8.13. The number of rotatable bonds is 4. The molecule has 0 bridgehead atoms. The fraction of sp³-hybridized carbons (Fsp3) is 0.429. The molecule has 4 nitrogen and oxygen atoms in total. The Morgan fingerprint density at radius 3 is 2.68 bits per heavy atom. The summed E-state index contributed by atoms with van der Waals surface area (Å²) in [4.78, 5) is 4.45. The lowest BCUT2D eigenvalue weighted by molar-refractivity contribution is 0.354. The number of nitrogens with two attached hydrogens (primary N) is 1. The molecule has 0 spiro atoms. The van der Waals surface area contributed by atoms with E-state index < -0.39 is 5.54 Å². The van der Waals surface area contributed by atoms with Crippen molar-refractivity contribution < 1.29 is 4.52 Å². The van der Waals surface area contributed by atoms with Crippen LogP contribution in [-0.2, 0) is 12.0 Å². The van der Waals surface area contributed by atoms with E-state index >= 15 is 0 Å². The lowest BCUT2D eigenvalue weighted by atomic mass is 9.93. The van der Waals surface area contributed by atoms with Crippen LogP contribution in [0.5, 0.6) is 0 Å². The third kappa shape index (κ3) is 2.87. The van der Waals surface area contributed by atoms with E-state index in [-0.39, 0.29) is 0 Å². The van der Waals surface area contributed by atoms with Gasteiger partial charge in [0.25, 0.3) is 0 Å². The minimum atomic E-state index is -0.607. The zero-order valence-corrected chi connectivity index (χ0v) is 12.4. The summed E-state index contributed by atoms with van der Waals surface area (Å²) < 4.78 is 6.34. The van der Waals surface area contributed by atoms with E-state index in [4.69, 9.17) is 10.3 Å². The topological polar surface area (TPSA) is 64.9 Å². The Kier molecular flexibility index (Phi) is 3.19. The van der Waals surface area contributed by atoms with Gasteiger partial charge in [-0.05, 0) is 43.9 Å². The van der Waals surface area contributed by atoms with Gasteiger partial charge in [-0.3, -0.25) is 0 Å². The summed E-state index contributed by atoms with van der Waals surface area (Å²) >= 11 is 3.43. The van der Waals surface area contributed by atoms with Crippen molar-refractivity contribution in [2.45, 2.75) is 37.6 Å². The van der Waals surface area contributed by atoms with Gasteiger partial charge in [0, 0.05) is 10.4 Å². The molecule has 0 amide bonds. The molecule has 2 aromatic rings. The molecule has 1 saturated carbocycles. The Balaban J connectivity index is 1.78. The lowest BCUT2D eigenvalue weighted by Crippen LogP contribution is -2.36. The zero-order chi connectivity index (χ0) is 13.5. The van der Waals surface area contributed by atoms with Gasteiger partial charge < -0.3 is 10.3 Å². The normalized spacial score (nSPS) is 18.3. The average molecular weight is 322 g/mol. The molecule has 1 aromatic carbocycles. The van der Waals surface area contributed by atoms with Crippen LogP contribution in [0, 0.1) is 0 Å². The lowest BCUT2D eigenvalue weighted by Gasteiger charge is -2.20. The second kappa shape index (κ2) is 4.72. The SMILES string of the molecule is CC(N)(Cc1ccc(Br)cc1)c1noc(C2CC2)n1. The first-order chi connectivity index (χ1) is 9.04. The molecule has 0 aliphatic heterocycles. The number of hydrogen-bond donors (Lipinski definition) is 1. The molecule has 0 saturated heterocycles. The van der Waals surface area contributed by atoms with Gasteiger partial charge in [-0.15, -0.1) is 0 Å². The van der Waals surface area contributed by atoms with Crippen LogP contribution in [0.4, 0.5) is 0 Å². The first-order valence-electron chi connectivity index (χ1n) is 6.42. The Bertz CT molecular complexity index is 573. The molecule has 1 unspecified atom stereocenters. The second-order valence-electron chi connectivity index (χ2n) is 5.45. The summed E-state index contributed by atoms with van der Waals surface area (Å²) in [5.74, 6) is 1.80. The number of halogens is 1. The molecule has 5 heteroatoms. The molecular formula is C14H16BrN3O. The van der Waals surface area contributed by atoms with Gasteiger partial charge in [0.15, 0.2) is 5.82 Å². The quantitative estimate of drug-likeness (QED) is 0.939. The minimum Gasteiger partial charge on any atom is -0.339 e. The highest BCUT2D eigenvalue weighted by atomic mass is 79.9. The van der Waals surface area contributed by atoms with Crippen molar-refractivity contribution in [1.82, 2.24) is 10.1 Å². The first-order valence-corrected chi connectivity index (χ1v) is 7.21. The maximum atomic E-state index is 6.35. The molecular weight excluding hydrogens is 306 g/mol. The second-order valence-corrected chi connectivity index (χ2v) is 6.37. The van der Waals surface area contributed by atoms with Gasteiger partial charge in [0.1, 0.15) is 0 Å². The number of benzene rings is 1. The summed E-state index contributed by atoms with van der Waals surface area (Å²) in [6.07, 6.45) is 2.98. The van der Waals surface area contributed by atoms with Crippen molar-refractivity contribution in [2.75, 3.05) is 0 Å². The first kappa shape index (κ1) is 12.8. The molecule has 1 aromatic heterocycles. The molecule has 2 N–H and O–H groups in total. The van der Waals surface area contributed by atoms with Crippen LogP contribution >= 0.6 is 15.9 Å². The highest BCUT2D eigenvalue weighted by Gasteiger charge is 2.33. The number of nitrogens with zero attached hydrogens (tertiary/aromatic N) is 2. The van der Waals surface area contributed by atoms with Crippen molar-refractivity contribution in [3.8, 4) is 0 Å². The predicted molar refractivity (Wildman–Crippen MR) is 75.7 cm³/mol. The minimum absolute atomic E-state index is 0.463. The number of aromatic nitrogens is 2. The Hall–Kier alpha value is -1.20. The van der Waals surface area contributed by atoms with E-state index in [1.807, 2.05) is 19.1 Å². The van der Waals surface area contributed by atoms with Crippen LogP contribution in [0.25, 0.3) is 0 Å². The molecule has 0 radical (unpaired) electrons. The molecule has 1 atom stereocenters. The Labute approximate surface area is 120 Å². The van der Waals surface area contributed by atoms with Gasteiger partial charge in [0.05, 0.1) is 5.54 Å². The van der Waals surface area contributed by atoms with E-state index in [1.165, 1.54) is 0 Å². The smallest absolute Gasteiger partial charge is 0.229 e. The maximum Gasteiger partial charge on any atom is 0.229 e. The third-order valence-corrected chi connectivity index (χ3v) is 3.89. The van der Waals surface area contributed by atoms with Crippen molar-refractivity contribution in [3.63, 3.8) is 0 Å². The fourth-order valence-corrected chi connectivity index (χ4v) is 2.33. The molecule has 100 valence electrons. The van der Waals surface area contributed by atoms with Gasteiger partial charge >= 0.3 is 0 Å². The van der Waals surface area contributed by atoms with Crippen LogP contribution in [0.15, 0.2) is 33.3 Å². The van der Waals surface area contributed by atoms with E-state index in [0.717, 1.165) is 28.8 Å². The molecule has 1 aliphatic carbocycles. The standard InChI is InChI=1S/C14H16BrN3O/c1-14(16,8-9-2-6-11(15)7-3-9)13-17-12(19-18-13)10-4-5-10/h2-3,6-7,10H,4-5,8,16H2,1H3. The van der Waals surface area contributed by atoms with Crippen molar-refractivity contribution in [3.05, 3.63) is 46.0 Å². The maximum absolute atomic E-state index is 6.35. The third-order valence-electron chi connectivity index (χ3n) is 3.36. The Morgan fingerprint density at radius 1 is 1.37 bits per heavy atom. The average Bonchev–Trinajstić information content (AvgIpc) is 3.09. The predicted octanol–water partition coefficient (Wildman–Crippen LogP) is 3.13. The van der Waals surface area contributed by atoms with Crippen molar-refractivity contribution in [2.24, 2.45) is 5.73 Å². The van der Waals surface area contributed by atoms with Crippen LogP contribution in [0.3, 0.4) is 0 Å². The molecule has 19 heavy (non-hydrogen) atoms. The van der Waals surface area contributed by atoms with Gasteiger partial charge in [-0.2, -0.15) is 4.98 Å². The molecule has 3 rings (SSSR count). The number of hydrogen-bond acceptors (Lipinski definition) is 4. The molecule has 1 heterocycles.